The van der Waals surface area contributed by atoms with Gasteiger partial charge in [0.05, 0.1) is 22.5 Å². The standard InChI is InChI=1S/C15H15Cl2N3O3/c1-8(2)13(15(22)23)19-14(21)9-6-18-20(7-9)12-4-3-10(16)5-11(12)17/h3-8,13H,1-2H3,(H,19,21)(H,22,23)/t13-/m0/s1. The average molecular weight is 356 g/mol. The first kappa shape index (κ1) is 17.3. The van der Waals surface area contributed by atoms with Crippen LogP contribution in [0.5, 0.6) is 0 Å². The second kappa shape index (κ2) is 7.02. The summed E-state index contributed by atoms with van der Waals surface area (Å²) in [5, 5.41) is 16.5. The summed E-state index contributed by atoms with van der Waals surface area (Å²) in [6.45, 7) is 3.44. The number of carboxylic acid groups (broad SMARTS) is 1. The molecule has 0 bridgehead atoms. The Morgan fingerprint density at radius 1 is 1.30 bits per heavy atom. The third-order valence-electron chi connectivity index (χ3n) is 3.22. The van der Waals surface area contributed by atoms with Crippen molar-refractivity contribution in [3.05, 3.63) is 46.2 Å². The third kappa shape index (κ3) is 4.03. The first-order valence-electron chi connectivity index (χ1n) is 6.83. The van der Waals surface area contributed by atoms with Crippen molar-refractivity contribution in [3.8, 4) is 5.69 Å². The topological polar surface area (TPSA) is 84.2 Å². The normalized spacial score (nSPS) is 12.2. The van der Waals surface area contributed by atoms with Crippen molar-refractivity contribution in [3.63, 3.8) is 0 Å². The largest absolute Gasteiger partial charge is 0.480 e. The molecule has 1 aromatic carbocycles. The second-order valence-electron chi connectivity index (χ2n) is 5.30. The molecule has 0 aliphatic heterocycles. The van der Waals surface area contributed by atoms with Crippen LogP contribution in [0.3, 0.4) is 0 Å². The van der Waals surface area contributed by atoms with Gasteiger partial charge in [0.25, 0.3) is 5.91 Å². The van der Waals surface area contributed by atoms with Crippen LogP contribution in [0.15, 0.2) is 30.6 Å². The molecule has 0 saturated heterocycles. The molecule has 6 nitrogen and oxygen atoms in total. The van der Waals surface area contributed by atoms with Crippen LogP contribution in [0, 0.1) is 5.92 Å². The number of benzene rings is 1. The number of nitrogens with zero attached hydrogens (tertiary/aromatic N) is 2. The Morgan fingerprint density at radius 2 is 2.00 bits per heavy atom. The van der Waals surface area contributed by atoms with Gasteiger partial charge < -0.3 is 10.4 Å². The number of carbonyl (C=O) groups is 2. The predicted molar refractivity (Wildman–Crippen MR) is 87.3 cm³/mol. The zero-order valence-corrected chi connectivity index (χ0v) is 14.0. The molecule has 0 unspecified atom stereocenters. The summed E-state index contributed by atoms with van der Waals surface area (Å²) in [4.78, 5) is 23.3. The van der Waals surface area contributed by atoms with Gasteiger partial charge >= 0.3 is 5.97 Å². The third-order valence-corrected chi connectivity index (χ3v) is 3.76. The van der Waals surface area contributed by atoms with Crippen molar-refractivity contribution in [2.75, 3.05) is 0 Å². The number of nitrogens with one attached hydrogen (secondary N) is 1. The lowest BCUT2D eigenvalue weighted by molar-refractivity contribution is -0.140. The summed E-state index contributed by atoms with van der Waals surface area (Å²) in [6, 6.07) is 3.93. The van der Waals surface area contributed by atoms with Crippen LogP contribution in [0.4, 0.5) is 0 Å². The van der Waals surface area contributed by atoms with Crippen LogP contribution in [0.25, 0.3) is 5.69 Å². The Hall–Kier alpha value is -2.05. The second-order valence-corrected chi connectivity index (χ2v) is 6.15. The smallest absolute Gasteiger partial charge is 0.326 e. The van der Waals surface area contributed by atoms with E-state index in [9.17, 15) is 9.59 Å². The molecular formula is C15H15Cl2N3O3. The molecule has 8 heteroatoms. The van der Waals surface area contributed by atoms with Crippen molar-refractivity contribution in [2.45, 2.75) is 19.9 Å². The van der Waals surface area contributed by atoms with Gasteiger partial charge in [0, 0.05) is 11.2 Å². The maximum absolute atomic E-state index is 12.2. The Bertz CT molecular complexity index is 743. The zero-order chi connectivity index (χ0) is 17.1. The van der Waals surface area contributed by atoms with Crippen LogP contribution < -0.4 is 5.32 Å². The van der Waals surface area contributed by atoms with E-state index >= 15 is 0 Å². The van der Waals surface area contributed by atoms with Crippen LogP contribution >= 0.6 is 23.2 Å². The number of carboxylic acids is 1. The van der Waals surface area contributed by atoms with E-state index in [0.29, 0.717) is 15.7 Å². The number of hydrogen-bond donors (Lipinski definition) is 2. The summed E-state index contributed by atoms with van der Waals surface area (Å²) in [5.74, 6) is -1.83. The summed E-state index contributed by atoms with van der Waals surface area (Å²) >= 11 is 11.9. The fraction of sp³-hybridized carbons (Fsp3) is 0.267. The minimum atomic E-state index is -1.08. The average Bonchev–Trinajstić information content (AvgIpc) is 2.93. The minimum absolute atomic E-state index is 0.239. The highest BCUT2D eigenvalue weighted by Crippen LogP contribution is 2.24. The monoisotopic (exact) mass is 355 g/mol. The van der Waals surface area contributed by atoms with E-state index in [1.54, 1.807) is 32.0 Å². The lowest BCUT2D eigenvalue weighted by Crippen LogP contribution is -2.44. The molecule has 2 aromatic rings. The molecule has 0 radical (unpaired) electrons. The minimum Gasteiger partial charge on any atom is -0.480 e. The molecule has 0 aliphatic carbocycles. The Balaban J connectivity index is 2.21. The predicted octanol–water partition coefficient (Wildman–Crippen LogP) is 3.02. The molecule has 23 heavy (non-hydrogen) atoms. The van der Waals surface area contributed by atoms with Gasteiger partial charge in [0.1, 0.15) is 6.04 Å². The van der Waals surface area contributed by atoms with Crippen molar-refractivity contribution >= 4 is 35.1 Å². The van der Waals surface area contributed by atoms with E-state index in [1.165, 1.54) is 17.1 Å². The maximum Gasteiger partial charge on any atom is 0.326 e. The molecule has 1 atom stereocenters. The number of aliphatic carboxylic acids is 1. The van der Waals surface area contributed by atoms with Gasteiger partial charge in [-0.25, -0.2) is 9.48 Å². The van der Waals surface area contributed by atoms with Crippen LogP contribution in [0.1, 0.15) is 24.2 Å². The van der Waals surface area contributed by atoms with E-state index in [0.717, 1.165) is 0 Å². The summed E-state index contributed by atoms with van der Waals surface area (Å²) in [5.41, 5.74) is 0.802. The lowest BCUT2D eigenvalue weighted by Gasteiger charge is -2.17. The van der Waals surface area contributed by atoms with Crippen LogP contribution in [-0.2, 0) is 4.79 Å². The Labute approximate surface area is 143 Å². The molecule has 0 saturated carbocycles. The van der Waals surface area contributed by atoms with Crippen LogP contribution in [0.2, 0.25) is 10.0 Å². The highest BCUT2D eigenvalue weighted by molar-refractivity contribution is 6.35. The molecule has 0 spiro atoms. The number of halogens is 2. The molecule has 2 rings (SSSR count). The fourth-order valence-electron chi connectivity index (χ4n) is 1.98. The number of hydrogen-bond acceptors (Lipinski definition) is 3. The quantitative estimate of drug-likeness (QED) is 0.863. The number of amides is 1. The molecule has 2 N–H and O–H groups in total. The molecule has 0 aliphatic rings. The number of rotatable bonds is 5. The van der Waals surface area contributed by atoms with Crippen molar-refractivity contribution in [2.24, 2.45) is 5.92 Å². The molecule has 1 amide bonds. The van der Waals surface area contributed by atoms with Gasteiger partial charge in [-0.3, -0.25) is 4.79 Å². The van der Waals surface area contributed by atoms with Gasteiger partial charge in [0.2, 0.25) is 0 Å². The summed E-state index contributed by atoms with van der Waals surface area (Å²) in [6.07, 6.45) is 2.82. The first-order chi connectivity index (χ1) is 10.8. The number of aromatic nitrogens is 2. The highest BCUT2D eigenvalue weighted by Gasteiger charge is 2.24. The molecule has 1 heterocycles. The summed E-state index contributed by atoms with van der Waals surface area (Å²) in [7, 11) is 0. The number of carbonyl (C=O) groups excluding carboxylic acids is 1. The fourth-order valence-corrected chi connectivity index (χ4v) is 2.47. The molecular weight excluding hydrogens is 341 g/mol. The van der Waals surface area contributed by atoms with Crippen LogP contribution in [-0.4, -0.2) is 32.8 Å². The van der Waals surface area contributed by atoms with Crippen molar-refractivity contribution < 1.29 is 14.7 Å². The van der Waals surface area contributed by atoms with Gasteiger partial charge in [-0.1, -0.05) is 37.0 Å². The lowest BCUT2D eigenvalue weighted by atomic mass is 10.0. The molecule has 0 fully saturated rings. The van der Waals surface area contributed by atoms with E-state index < -0.39 is 17.9 Å². The van der Waals surface area contributed by atoms with Crippen molar-refractivity contribution in [1.29, 1.82) is 0 Å². The van der Waals surface area contributed by atoms with Gasteiger partial charge in [-0.15, -0.1) is 0 Å². The Morgan fingerprint density at radius 3 is 2.57 bits per heavy atom. The van der Waals surface area contributed by atoms with E-state index in [2.05, 4.69) is 10.4 Å². The molecule has 1 aromatic heterocycles. The zero-order valence-electron chi connectivity index (χ0n) is 12.5. The SMILES string of the molecule is CC(C)[C@H](NC(=O)c1cnn(-c2ccc(Cl)cc2Cl)c1)C(=O)O. The molecule has 122 valence electrons. The van der Waals surface area contributed by atoms with E-state index in [1.807, 2.05) is 0 Å². The van der Waals surface area contributed by atoms with Crippen molar-refractivity contribution in [1.82, 2.24) is 15.1 Å². The van der Waals surface area contributed by atoms with Gasteiger partial charge in [0.15, 0.2) is 0 Å². The van der Waals surface area contributed by atoms with E-state index in [4.69, 9.17) is 28.3 Å². The Kier molecular flexibility index (Phi) is 5.28. The summed E-state index contributed by atoms with van der Waals surface area (Å²) < 4.78 is 1.43. The highest BCUT2D eigenvalue weighted by atomic mass is 35.5. The van der Waals surface area contributed by atoms with Gasteiger partial charge in [-0.2, -0.15) is 5.10 Å². The first-order valence-corrected chi connectivity index (χ1v) is 7.59. The van der Waals surface area contributed by atoms with Gasteiger partial charge in [-0.05, 0) is 24.1 Å². The van der Waals surface area contributed by atoms with E-state index in [-0.39, 0.29) is 11.5 Å². The maximum atomic E-state index is 12.2.